The Balaban J connectivity index is 2.70. The van der Waals surface area contributed by atoms with Gasteiger partial charge in [-0.15, -0.1) is 0 Å². The second-order valence-electron chi connectivity index (χ2n) is 3.62. The van der Waals surface area contributed by atoms with Crippen molar-refractivity contribution in [3.05, 3.63) is 51.4 Å². The number of benzene rings is 2. The number of nitrogens with two attached hydrogens (primary N) is 1. The van der Waals surface area contributed by atoms with Gasteiger partial charge in [-0.2, -0.15) is 0 Å². The van der Waals surface area contributed by atoms with Gasteiger partial charge >= 0.3 is 0 Å². The van der Waals surface area contributed by atoms with Gasteiger partial charge in [-0.3, -0.25) is 0 Å². The van der Waals surface area contributed by atoms with Gasteiger partial charge in [0.15, 0.2) is 0 Å². The summed E-state index contributed by atoms with van der Waals surface area (Å²) in [6, 6.07) is 11.4. The molecule has 2 aromatic rings. The first kappa shape index (κ1) is 13.6. The highest BCUT2D eigenvalue weighted by Gasteiger charge is 2.22. The standard InChI is InChI=1S/C12H9Br2NO2S/c13-8-6-10(14)12(15)11(7-8)18(16,17)9-4-2-1-3-5-9/h1-7H,15H2. The van der Waals surface area contributed by atoms with Gasteiger partial charge in [-0.25, -0.2) is 8.42 Å². The molecule has 0 saturated carbocycles. The quantitative estimate of drug-likeness (QED) is 0.796. The molecule has 94 valence electrons. The molecule has 2 rings (SSSR count). The molecular formula is C12H9Br2NO2S. The predicted octanol–water partition coefficient (Wildman–Crippen LogP) is 3.63. The molecule has 0 aliphatic rings. The number of sulfone groups is 1. The second-order valence-corrected chi connectivity index (χ2v) is 7.30. The van der Waals surface area contributed by atoms with Gasteiger partial charge in [0, 0.05) is 8.95 Å². The number of halogens is 2. The summed E-state index contributed by atoms with van der Waals surface area (Å²) in [4.78, 5) is 0.316. The van der Waals surface area contributed by atoms with Gasteiger partial charge in [0.2, 0.25) is 9.84 Å². The van der Waals surface area contributed by atoms with Crippen molar-refractivity contribution in [3.63, 3.8) is 0 Å². The molecule has 0 fully saturated rings. The third kappa shape index (κ3) is 2.46. The van der Waals surface area contributed by atoms with Crippen molar-refractivity contribution in [1.82, 2.24) is 0 Å². The minimum absolute atomic E-state index is 0.0925. The molecule has 2 N–H and O–H groups in total. The number of hydrogen-bond acceptors (Lipinski definition) is 3. The molecule has 0 atom stereocenters. The maximum Gasteiger partial charge on any atom is 0.208 e. The number of anilines is 1. The van der Waals surface area contributed by atoms with E-state index in [2.05, 4.69) is 31.9 Å². The molecule has 0 bridgehead atoms. The minimum Gasteiger partial charge on any atom is -0.397 e. The van der Waals surface area contributed by atoms with Crippen LogP contribution in [-0.4, -0.2) is 8.42 Å². The van der Waals surface area contributed by atoms with Gasteiger partial charge in [-0.05, 0) is 40.2 Å². The van der Waals surface area contributed by atoms with Crippen LogP contribution in [0, 0.1) is 0 Å². The number of nitrogen functional groups attached to an aromatic ring is 1. The molecule has 0 unspecified atom stereocenters. The van der Waals surface area contributed by atoms with Crippen LogP contribution < -0.4 is 5.73 Å². The van der Waals surface area contributed by atoms with E-state index in [9.17, 15) is 8.42 Å². The first-order valence-electron chi connectivity index (χ1n) is 4.97. The van der Waals surface area contributed by atoms with Crippen LogP contribution in [0.1, 0.15) is 0 Å². The fourth-order valence-corrected chi connectivity index (χ4v) is 4.47. The molecule has 0 aromatic heterocycles. The average Bonchev–Trinajstić information content (AvgIpc) is 2.34. The summed E-state index contributed by atoms with van der Waals surface area (Å²) in [7, 11) is -3.60. The van der Waals surface area contributed by atoms with Gasteiger partial charge in [0.05, 0.1) is 15.5 Å². The zero-order valence-corrected chi connectivity index (χ0v) is 13.1. The topological polar surface area (TPSA) is 60.2 Å². The van der Waals surface area contributed by atoms with E-state index < -0.39 is 9.84 Å². The Morgan fingerprint density at radius 2 is 1.61 bits per heavy atom. The van der Waals surface area contributed by atoms with Crippen LogP contribution in [0.25, 0.3) is 0 Å². The van der Waals surface area contributed by atoms with E-state index in [1.54, 1.807) is 36.4 Å². The lowest BCUT2D eigenvalue weighted by Crippen LogP contribution is -2.06. The fraction of sp³-hybridized carbons (Fsp3) is 0. The van der Waals surface area contributed by atoms with Crippen molar-refractivity contribution < 1.29 is 8.42 Å². The minimum atomic E-state index is -3.60. The van der Waals surface area contributed by atoms with Crippen molar-refractivity contribution >= 4 is 47.4 Å². The van der Waals surface area contributed by atoms with Crippen molar-refractivity contribution in [2.45, 2.75) is 9.79 Å². The Morgan fingerprint density at radius 3 is 2.22 bits per heavy atom. The van der Waals surface area contributed by atoms with Gasteiger partial charge in [0.1, 0.15) is 0 Å². The van der Waals surface area contributed by atoms with Crippen molar-refractivity contribution in [2.24, 2.45) is 0 Å². The van der Waals surface area contributed by atoms with Crippen LogP contribution in [-0.2, 0) is 9.84 Å². The highest BCUT2D eigenvalue weighted by molar-refractivity contribution is 9.11. The van der Waals surface area contributed by atoms with Crippen LogP contribution in [0.2, 0.25) is 0 Å². The molecule has 0 radical (unpaired) electrons. The van der Waals surface area contributed by atoms with Crippen molar-refractivity contribution in [2.75, 3.05) is 5.73 Å². The molecule has 0 amide bonds. The second kappa shape index (κ2) is 5.03. The van der Waals surface area contributed by atoms with Crippen LogP contribution in [0.15, 0.2) is 61.2 Å². The Kier molecular flexibility index (Phi) is 3.79. The summed E-state index contributed by atoms with van der Waals surface area (Å²) in [6.07, 6.45) is 0. The molecule has 0 spiro atoms. The summed E-state index contributed by atoms with van der Waals surface area (Å²) in [5, 5.41) is 0. The Bertz CT molecular complexity index is 685. The Labute approximate surface area is 122 Å². The molecule has 18 heavy (non-hydrogen) atoms. The average molecular weight is 391 g/mol. The zero-order valence-electron chi connectivity index (χ0n) is 9.10. The predicted molar refractivity (Wildman–Crippen MR) is 78.1 cm³/mol. The van der Waals surface area contributed by atoms with Gasteiger partial charge in [0.25, 0.3) is 0 Å². The van der Waals surface area contributed by atoms with E-state index in [1.807, 2.05) is 0 Å². The summed E-state index contributed by atoms with van der Waals surface area (Å²) in [5.41, 5.74) is 6.04. The molecule has 6 heteroatoms. The van der Waals surface area contributed by atoms with Crippen LogP contribution in [0.4, 0.5) is 5.69 Å². The lowest BCUT2D eigenvalue weighted by molar-refractivity contribution is 0.596. The molecule has 0 heterocycles. The number of hydrogen-bond donors (Lipinski definition) is 1. The normalized spacial score (nSPS) is 11.4. The first-order valence-corrected chi connectivity index (χ1v) is 8.04. The van der Waals surface area contributed by atoms with Gasteiger partial charge in [-0.1, -0.05) is 34.1 Å². The van der Waals surface area contributed by atoms with E-state index in [0.29, 0.717) is 8.95 Å². The van der Waals surface area contributed by atoms with E-state index in [4.69, 9.17) is 5.73 Å². The lowest BCUT2D eigenvalue weighted by atomic mass is 10.3. The molecular weight excluding hydrogens is 382 g/mol. The summed E-state index contributed by atoms with van der Waals surface area (Å²) in [5.74, 6) is 0. The van der Waals surface area contributed by atoms with Crippen molar-refractivity contribution in [3.8, 4) is 0 Å². The largest absolute Gasteiger partial charge is 0.397 e. The van der Waals surface area contributed by atoms with E-state index in [1.165, 1.54) is 6.07 Å². The zero-order chi connectivity index (χ0) is 13.3. The molecule has 0 saturated heterocycles. The van der Waals surface area contributed by atoms with E-state index in [-0.39, 0.29) is 15.5 Å². The van der Waals surface area contributed by atoms with Gasteiger partial charge < -0.3 is 5.73 Å². The maximum absolute atomic E-state index is 12.4. The van der Waals surface area contributed by atoms with Crippen LogP contribution in [0.5, 0.6) is 0 Å². The van der Waals surface area contributed by atoms with Crippen LogP contribution in [0.3, 0.4) is 0 Å². The maximum atomic E-state index is 12.4. The molecule has 0 aliphatic heterocycles. The van der Waals surface area contributed by atoms with E-state index in [0.717, 1.165) is 0 Å². The molecule has 0 aliphatic carbocycles. The first-order chi connectivity index (χ1) is 8.43. The summed E-state index contributed by atoms with van der Waals surface area (Å²) >= 11 is 6.50. The Morgan fingerprint density at radius 1 is 1.00 bits per heavy atom. The highest BCUT2D eigenvalue weighted by Crippen LogP contribution is 2.34. The third-order valence-corrected chi connectivity index (χ3v) is 5.32. The highest BCUT2D eigenvalue weighted by atomic mass is 79.9. The third-order valence-electron chi connectivity index (χ3n) is 2.40. The fourth-order valence-electron chi connectivity index (χ4n) is 1.51. The smallest absolute Gasteiger partial charge is 0.208 e. The van der Waals surface area contributed by atoms with Crippen molar-refractivity contribution in [1.29, 1.82) is 0 Å². The van der Waals surface area contributed by atoms with E-state index >= 15 is 0 Å². The summed E-state index contributed by atoms with van der Waals surface area (Å²) in [6.45, 7) is 0. The van der Waals surface area contributed by atoms with Crippen LogP contribution >= 0.6 is 31.9 Å². The molecule has 3 nitrogen and oxygen atoms in total. The monoisotopic (exact) mass is 389 g/mol. The Hall–Kier alpha value is -0.850. The lowest BCUT2D eigenvalue weighted by Gasteiger charge is -2.09. The summed E-state index contributed by atoms with van der Waals surface area (Å²) < 4.78 is 26.1. The molecule has 2 aromatic carbocycles. The SMILES string of the molecule is Nc1c(Br)cc(Br)cc1S(=O)(=O)c1ccccc1. The number of rotatable bonds is 2.